The number of aliphatic imine (C=N–C) groups is 1. The summed E-state index contributed by atoms with van der Waals surface area (Å²) >= 11 is 0. The predicted molar refractivity (Wildman–Crippen MR) is 79.1 cm³/mol. The molecule has 0 atom stereocenters. The molecule has 106 valence electrons. The Hall–Kier alpha value is -2.69. The molecule has 3 rings (SSSR count). The summed E-state index contributed by atoms with van der Waals surface area (Å²) in [5, 5.41) is 10.5. The lowest BCUT2D eigenvalue weighted by Crippen LogP contribution is -2.12. The first-order valence-electron chi connectivity index (χ1n) is 6.67. The number of Topliss-reactive ketones (excluding diaryl/α,β-unsaturated/α-hetero) is 1. The maximum Gasteiger partial charge on any atom is 0.362 e. The summed E-state index contributed by atoms with van der Waals surface area (Å²) < 4.78 is 5.15. The number of para-hydroxylation sites is 1. The van der Waals surface area contributed by atoms with Crippen molar-refractivity contribution in [3.05, 3.63) is 52.1 Å². The highest BCUT2D eigenvalue weighted by Crippen LogP contribution is 2.20. The van der Waals surface area contributed by atoms with E-state index in [9.17, 15) is 14.7 Å². The monoisotopic (exact) mass is 283 g/mol. The molecule has 0 saturated carbocycles. The van der Waals surface area contributed by atoms with Crippen molar-refractivity contribution in [2.75, 3.05) is 0 Å². The summed E-state index contributed by atoms with van der Waals surface area (Å²) in [5.74, 6) is -0.132. The van der Waals surface area contributed by atoms with E-state index in [1.165, 1.54) is 6.21 Å². The van der Waals surface area contributed by atoms with Gasteiger partial charge in [-0.05, 0) is 18.6 Å². The molecule has 0 aliphatic heterocycles. The highest BCUT2D eigenvalue weighted by molar-refractivity contribution is 6.14. The number of benzene rings is 1. The van der Waals surface area contributed by atoms with Gasteiger partial charge in [-0.3, -0.25) is 4.79 Å². The minimum absolute atomic E-state index is 0.0279. The van der Waals surface area contributed by atoms with Crippen LogP contribution >= 0.6 is 0 Å². The van der Waals surface area contributed by atoms with E-state index in [1.54, 1.807) is 24.3 Å². The van der Waals surface area contributed by atoms with Gasteiger partial charge in [0.05, 0.1) is 5.57 Å². The minimum Gasteiger partial charge on any atom is -0.512 e. The number of nitrogens with zero attached hydrogens (tertiary/aromatic N) is 1. The number of carbonyl (C=O) groups excluding carboxylic acids is 1. The molecule has 0 radical (unpaired) electrons. The molecule has 5 heteroatoms. The van der Waals surface area contributed by atoms with Gasteiger partial charge in [0.25, 0.3) is 0 Å². The van der Waals surface area contributed by atoms with Crippen molar-refractivity contribution in [1.29, 1.82) is 0 Å². The van der Waals surface area contributed by atoms with Gasteiger partial charge in [-0.1, -0.05) is 18.2 Å². The lowest BCUT2D eigenvalue weighted by atomic mass is 9.97. The zero-order valence-corrected chi connectivity index (χ0v) is 11.2. The summed E-state index contributed by atoms with van der Waals surface area (Å²) in [6.45, 7) is 0. The van der Waals surface area contributed by atoms with Crippen LogP contribution in [0.15, 0.2) is 55.9 Å². The molecule has 0 saturated heterocycles. The Morgan fingerprint density at radius 3 is 2.81 bits per heavy atom. The number of rotatable bonds is 2. The van der Waals surface area contributed by atoms with Crippen LogP contribution in [0.5, 0.6) is 0 Å². The fourth-order valence-corrected chi connectivity index (χ4v) is 2.27. The number of aliphatic hydroxyl groups excluding tert-OH is 1. The number of fused-ring (bicyclic) bond motifs is 1. The number of hydrogen-bond donors (Lipinski definition) is 1. The molecule has 1 heterocycles. The molecule has 0 fully saturated rings. The van der Waals surface area contributed by atoms with E-state index in [0.717, 1.165) is 5.39 Å². The van der Waals surface area contributed by atoms with Gasteiger partial charge >= 0.3 is 5.63 Å². The van der Waals surface area contributed by atoms with Crippen LogP contribution < -0.4 is 5.63 Å². The second-order valence-corrected chi connectivity index (χ2v) is 4.85. The quantitative estimate of drug-likeness (QED) is 0.678. The van der Waals surface area contributed by atoms with Crippen molar-refractivity contribution >= 4 is 28.7 Å². The van der Waals surface area contributed by atoms with Crippen LogP contribution in [-0.2, 0) is 4.79 Å². The first-order valence-corrected chi connectivity index (χ1v) is 6.67. The Balaban J connectivity index is 2.01. The van der Waals surface area contributed by atoms with Gasteiger partial charge in [0.15, 0.2) is 5.78 Å². The summed E-state index contributed by atoms with van der Waals surface area (Å²) in [6.07, 6.45) is 2.73. The third kappa shape index (κ3) is 2.63. The minimum atomic E-state index is -0.576. The molecule has 1 aliphatic rings. The number of hydrogen-bond acceptors (Lipinski definition) is 5. The van der Waals surface area contributed by atoms with E-state index < -0.39 is 5.63 Å². The van der Waals surface area contributed by atoms with Crippen molar-refractivity contribution < 1.29 is 14.3 Å². The van der Waals surface area contributed by atoms with Crippen molar-refractivity contribution in [1.82, 2.24) is 0 Å². The summed E-state index contributed by atoms with van der Waals surface area (Å²) in [7, 11) is 0. The number of carbonyl (C=O) groups is 1. The third-order valence-corrected chi connectivity index (χ3v) is 3.38. The van der Waals surface area contributed by atoms with Crippen LogP contribution in [0.3, 0.4) is 0 Å². The molecular weight excluding hydrogens is 270 g/mol. The van der Waals surface area contributed by atoms with E-state index in [0.29, 0.717) is 24.8 Å². The molecule has 1 aromatic carbocycles. The van der Waals surface area contributed by atoms with Crippen LogP contribution in [0, 0.1) is 0 Å². The fraction of sp³-hybridized carbons (Fsp3) is 0.188. The number of aliphatic hydroxyl groups is 1. The summed E-state index contributed by atoms with van der Waals surface area (Å²) in [6, 6.07) is 8.71. The van der Waals surface area contributed by atoms with Crippen LogP contribution in [0.1, 0.15) is 19.3 Å². The standard InChI is InChI=1S/C16H13NO4/c18-13-5-3-6-14(19)11(13)9-17-12-8-10-4-1-2-7-15(10)21-16(12)20/h1-2,4,7-9,18H,3,5-6H2. The Labute approximate surface area is 120 Å². The van der Waals surface area contributed by atoms with Crippen molar-refractivity contribution in [2.45, 2.75) is 19.3 Å². The summed E-state index contributed by atoms with van der Waals surface area (Å²) in [4.78, 5) is 27.5. The van der Waals surface area contributed by atoms with Crippen LogP contribution in [0.4, 0.5) is 5.69 Å². The molecule has 0 spiro atoms. The van der Waals surface area contributed by atoms with E-state index in [4.69, 9.17) is 4.42 Å². The molecular formula is C16H13NO4. The first kappa shape index (κ1) is 13.3. The maximum atomic E-state index is 11.8. The second kappa shape index (κ2) is 5.36. The molecule has 1 aliphatic carbocycles. The van der Waals surface area contributed by atoms with Crippen LogP contribution in [0.25, 0.3) is 11.0 Å². The number of ketones is 1. The van der Waals surface area contributed by atoms with Gasteiger partial charge in [0.2, 0.25) is 0 Å². The van der Waals surface area contributed by atoms with Gasteiger partial charge in [-0.25, -0.2) is 9.79 Å². The van der Waals surface area contributed by atoms with Crippen molar-refractivity contribution in [3.8, 4) is 0 Å². The predicted octanol–water partition coefficient (Wildman–Crippen LogP) is 3.06. The van der Waals surface area contributed by atoms with E-state index in [2.05, 4.69) is 4.99 Å². The average molecular weight is 283 g/mol. The largest absolute Gasteiger partial charge is 0.512 e. The first-order chi connectivity index (χ1) is 10.1. The van der Waals surface area contributed by atoms with E-state index in [-0.39, 0.29) is 22.8 Å². The molecule has 1 aromatic heterocycles. The Kier molecular flexibility index (Phi) is 3.39. The Bertz CT molecular complexity index is 830. The molecule has 0 bridgehead atoms. The highest BCUT2D eigenvalue weighted by Gasteiger charge is 2.18. The lowest BCUT2D eigenvalue weighted by Gasteiger charge is -2.10. The Morgan fingerprint density at radius 2 is 2.00 bits per heavy atom. The van der Waals surface area contributed by atoms with Gasteiger partial charge in [-0.2, -0.15) is 0 Å². The molecule has 0 amide bonds. The van der Waals surface area contributed by atoms with Gasteiger partial charge in [0, 0.05) is 24.4 Å². The van der Waals surface area contributed by atoms with Gasteiger partial charge < -0.3 is 9.52 Å². The normalized spacial score (nSPS) is 16.1. The number of allylic oxidation sites excluding steroid dienone is 2. The second-order valence-electron chi connectivity index (χ2n) is 4.85. The van der Waals surface area contributed by atoms with E-state index >= 15 is 0 Å². The molecule has 2 aromatic rings. The lowest BCUT2D eigenvalue weighted by molar-refractivity contribution is -0.115. The van der Waals surface area contributed by atoms with Gasteiger partial charge in [-0.15, -0.1) is 0 Å². The van der Waals surface area contributed by atoms with E-state index in [1.807, 2.05) is 6.07 Å². The molecule has 5 nitrogen and oxygen atoms in total. The zero-order valence-electron chi connectivity index (χ0n) is 11.2. The Morgan fingerprint density at radius 1 is 1.19 bits per heavy atom. The van der Waals surface area contributed by atoms with Crippen molar-refractivity contribution in [3.63, 3.8) is 0 Å². The third-order valence-electron chi connectivity index (χ3n) is 3.38. The maximum absolute atomic E-state index is 11.8. The fourth-order valence-electron chi connectivity index (χ4n) is 2.27. The zero-order chi connectivity index (χ0) is 14.8. The SMILES string of the molecule is O=C1CCCC(O)=C1C=Nc1cc2ccccc2oc1=O. The highest BCUT2D eigenvalue weighted by atomic mass is 16.4. The molecule has 21 heavy (non-hydrogen) atoms. The average Bonchev–Trinajstić information content (AvgIpc) is 2.47. The topological polar surface area (TPSA) is 79.9 Å². The van der Waals surface area contributed by atoms with Crippen molar-refractivity contribution in [2.24, 2.45) is 4.99 Å². The molecule has 1 N–H and O–H groups in total. The van der Waals surface area contributed by atoms with Crippen LogP contribution in [-0.4, -0.2) is 17.1 Å². The summed E-state index contributed by atoms with van der Waals surface area (Å²) in [5.41, 5.74) is 0.187. The van der Waals surface area contributed by atoms with Gasteiger partial charge in [0.1, 0.15) is 17.0 Å². The van der Waals surface area contributed by atoms with Crippen LogP contribution in [0.2, 0.25) is 0 Å². The molecule has 0 unspecified atom stereocenters. The smallest absolute Gasteiger partial charge is 0.362 e.